The number of H-pyrrole nitrogens is 1. The molecule has 34 heavy (non-hydrogen) atoms. The summed E-state index contributed by atoms with van der Waals surface area (Å²) in [6, 6.07) is 0. The number of carbonyl (C=O) groups excluding carboxylic acids is 3. The lowest BCUT2D eigenvalue weighted by molar-refractivity contribution is -0.166. The molecule has 2 aromatic heterocycles. The van der Waals surface area contributed by atoms with E-state index in [1.165, 1.54) is 31.7 Å². The van der Waals surface area contributed by atoms with Crippen molar-refractivity contribution < 1.29 is 38.1 Å². The largest absolute Gasteiger partial charge is 0.463 e. The maximum Gasteiger partial charge on any atom is 0.303 e. The van der Waals surface area contributed by atoms with Crippen LogP contribution in [0.5, 0.6) is 0 Å². The van der Waals surface area contributed by atoms with Crippen LogP contribution < -0.4 is 10.5 Å². The zero-order chi connectivity index (χ0) is 24.4. The Kier molecular flexibility index (Phi) is 6.79. The van der Waals surface area contributed by atoms with E-state index in [1.807, 2.05) is 4.90 Å². The molecule has 0 saturated carbocycles. The van der Waals surface area contributed by atoms with Crippen molar-refractivity contribution in [2.45, 2.75) is 45.3 Å². The van der Waals surface area contributed by atoms with Crippen LogP contribution in [0, 0.1) is 0 Å². The van der Waals surface area contributed by atoms with E-state index in [1.54, 1.807) is 0 Å². The van der Waals surface area contributed by atoms with E-state index in [-0.39, 0.29) is 17.8 Å². The van der Waals surface area contributed by atoms with E-state index in [2.05, 4.69) is 15.0 Å². The summed E-state index contributed by atoms with van der Waals surface area (Å²) in [6.45, 7) is 5.23. The van der Waals surface area contributed by atoms with E-state index in [4.69, 9.17) is 23.7 Å². The van der Waals surface area contributed by atoms with Crippen molar-refractivity contribution in [3.8, 4) is 0 Å². The lowest BCUT2D eigenvalue weighted by atomic mass is 10.1. The predicted molar refractivity (Wildman–Crippen MR) is 113 cm³/mol. The van der Waals surface area contributed by atoms with Gasteiger partial charge in [0.05, 0.1) is 19.5 Å². The van der Waals surface area contributed by atoms with Crippen LogP contribution >= 0.6 is 0 Å². The first-order valence-corrected chi connectivity index (χ1v) is 10.7. The molecule has 0 radical (unpaired) electrons. The van der Waals surface area contributed by atoms with Crippen LogP contribution in [-0.2, 0) is 38.1 Å². The Morgan fingerprint density at radius 2 is 1.76 bits per heavy atom. The van der Waals surface area contributed by atoms with Crippen LogP contribution in [-0.4, -0.2) is 88.6 Å². The van der Waals surface area contributed by atoms with Gasteiger partial charge in [0.15, 0.2) is 29.6 Å². The van der Waals surface area contributed by atoms with Gasteiger partial charge in [0.25, 0.3) is 5.56 Å². The molecule has 0 unspecified atom stereocenters. The first-order valence-electron chi connectivity index (χ1n) is 10.7. The van der Waals surface area contributed by atoms with E-state index in [0.717, 1.165) is 0 Å². The SMILES string of the molecule is CC(=O)OC[C@H]1O[C@@H](n2c(N3CCOCC3)nc3c(=O)[nH]cnc32)[C@H](OC(C)=O)[C@@H]1OC(C)=O. The molecule has 4 atom stereocenters. The molecule has 1 N–H and O–H groups in total. The number of hydrogen-bond acceptors (Lipinski definition) is 12. The fourth-order valence-corrected chi connectivity index (χ4v) is 4.03. The number of fused-ring (bicyclic) bond motifs is 1. The molecule has 14 nitrogen and oxygen atoms in total. The molecular weight excluding hydrogens is 454 g/mol. The second kappa shape index (κ2) is 9.77. The minimum atomic E-state index is -1.14. The van der Waals surface area contributed by atoms with Crippen LogP contribution in [0.1, 0.15) is 27.0 Å². The Balaban J connectivity index is 1.84. The molecule has 14 heteroatoms. The predicted octanol–water partition coefficient (Wildman–Crippen LogP) is -0.720. The molecule has 0 amide bonds. The number of nitrogens with zero attached hydrogens (tertiary/aromatic N) is 4. The summed E-state index contributed by atoms with van der Waals surface area (Å²) < 4.78 is 29.2. The van der Waals surface area contributed by atoms with Gasteiger partial charge < -0.3 is 33.6 Å². The van der Waals surface area contributed by atoms with Gasteiger partial charge in [0, 0.05) is 33.9 Å². The van der Waals surface area contributed by atoms with Gasteiger partial charge in [-0.3, -0.25) is 23.7 Å². The van der Waals surface area contributed by atoms with Crippen LogP contribution in [0.3, 0.4) is 0 Å². The van der Waals surface area contributed by atoms with Crippen molar-refractivity contribution in [2.24, 2.45) is 0 Å². The van der Waals surface area contributed by atoms with Crippen molar-refractivity contribution in [3.63, 3.8) is 0 Å². The summed E-state index contributed by atoms with van der Waals surface area (Å²) in [5, 5.41) is 0. The van der Waals surface area contributed by atoms with Gasteiger partial charge in [-0.05, 0) is 0 Å². The zero-order valence-corrected chi connectivity index (χ0v) is 18.9. The second-order valence-electron chi connectivity index (χ2n) is 7.80. The number of nitrogens with one attached hydrogen (secondary N) is 1. The molecule has 4 heterocycles. The minimum Gasteiger partial charge on any atom is -0.463 e. The number of aromatic amines is 1. The maximum absolute atomic E-state index is 12.5. The van der Waals surface area contributed by atoms with E-state index in [0.29, 0.717) is 32.3 Å². The molecule has 184 valence electrons. The molecule has 2 fully saturated rings. The number of rotatable bonds is 6. The fraction of sp³-hybridized carbons (Fsp3) is 0.600. The normalized spacial score (nSPS) is 24.7. The smallest absolute Gasteiger partial charge is 0.303 e. The number of anilines is 1. The molecule has 0 spiro atoms. The highest BCUT2D eigenvalue weighted by Gasteiger charge is 2.52. The molecule has 4 rings (SSSR count). The van der Waals surface area contributed by atoms with Gasteiger partial charge in [-0.1, -0.05) is 0 Å². The quantitative estimate of drug-likeness (QED) is 0.409. The zero-order valence-electron chi connectivity index (χ0n) is 18.9. The first-order chi connectivity index (χ1) is 16.3. The van der Waals surface area contributed by atoms with Crippen molar-refractivity contribution in [3.05, 3.63) is 16.7 Å². The highest BCUT2D eigenvalue weighted by molar-refractivity contribution is 5.74. The number of hydrogen-bond donors (Lipinski definition) is 1. The first kappa shape index (κ1) is 23.6. The third-order valence-corrected chi connectivity index (χ3v) is 5.35. The summed E-state index contributed by atoms with van der Waals surface area (Å²) in [6.07, 6.45) is -3.06. The van der Waals surface area contributed by atoms with Crippen molar-refractivity contribution in [2.75, 3.05) is 37.8 Å². The third-order valence-electron chi connectivity index (χ3n) is 5.35. The van der Waals surface area contributed by atoms with E-state index < -0.39 is 48.0 Å². The Morgan fingerprint density at radius 3 is 2.41 bits per heavy atom. The van der Waals surface area contributed by atoms with Crippen LogP contribution in [0.15, 0.2) is 11.1 Å². The molecule has 2 aromatic rings. The number of aromatic nitrogens is 4. The van der Waals surface area contributed by atoms with Gasteiger partial charge >= 0.3 is 17.9 Å². The van der Waals surface area contributed by atoms with Gasteiger partial charge in [0.2, 0.25) is 5.95 Å². The van der Waals surface area contributed by atoms with Crippen molar-refractivity contribution in [1.82, 2.24) is 19.5 Å². The Bertz CT molecular complexity index is 1140. The lowest BCUT2D eigenvalue weighted by Crippen LogP contribution is -2.42. The monoisotopic (exact) mass is 479 g/mol. The Morgan fingerprint density at radius 1 is 1.09 bits per heavy atom. The second-order valence-corrected chi connectivity index (χ2v) is 7.80. The van der Waals surface area contributed by atoms with Crippen LogP contribution in [0.2, 0.25) is 0 Å². The highest BCUT2D eigenvalue weighted by Crippen LogP contribution is 2.38. The molecule has 0 bridgehead atoms. The Labute approximate surface area is 193 Å². The molecule has 0 aromatic carbocycles. The molecular formula is C20H25N5O9. The average Bonchev–Trinajstić information content (AvgIpc) is 3.32. The highest BCUT2D eigenvalue weighted by atomic mass is 16.7. The number of morpholine rings is 1. The van der Waals surface area contributed by atoms with Gasteiger partial charge in [-0.2, -0.15) is 0 Å². The minimum absolute atomic E-state index is 0.0571. The molecule has 2 saturated heterocycles. The Hall–Kier alpha value is -3.52. The van der Waals surface area contributed by atoms with Gasteiger partial charge in [-0.15, -0.1) is 0 Å². The lowest BCUT2D eigenvalue weighted by Gasteiger charge is -2.30. The number of esters is 3. The molecule has 0 aliphatic carbocycles. The van der Waals surface area contributed by atoms with Crippen LogP contribution in [0.25, 0.3) is 11.2 Å². The topological polar surface area (TPSA) is 164 Å². The number of ether oxygens (including phenoxy) is 5. The number of imidazole rings is 1. The molecule has 2 aliphatic rings. The fourth-order valence-electron chi connectivity index (χ4n) is 4.03. The average molecular weight is 479 g/mol. The standard InChI is InChI=1S/C20H25N5O9/c1-10(26)31-8-13-15(32-11(2)27)16(33-12(3)28)19(34-13)25-17-14(18(29)22-9-21-17)23-20(25)24-4-6-30-7-5-24/h9,13,15-16,19H,4-8H2,1-3H3,(H,21,22,29)/t13-,15-,16-,19-/m1/s1. The molecule has 2 aliphatic heterocycles. The maximum atomic E-state index is 12.5. The number of carbonyl (C=O) groups is 3. The summed E-state index contributed by atoms with van der Waals surface area (Å²) >= 11 is 0. The van der Waals surface area contributed by atoms with Crippen LogP contribution in [0.4, 0.5) is 5.95 Å². The summed E-state index contributed by atoms with van der Waals surface area (Å²) in [5.74, 6) is -1.50. The third kappa shape index (κ3) is 4.72. The van der Waals surface area contributed by atoms with E-state index >= 15 is 0 Å². The van der Waals surface area contributed by atoms with E-state index in [9.17, 15) is 19.2 Å². The van der Waals surface area contributed by atoms with Crippen molar-refractivity contribution >= 4 is 35.0 Å². The van der Waals surface area contributed by atoms with Gasteiger partial charge in [-0.25, -0.2) is 9.97 Å². The summed E-state index contributed by atoms with van der Waals surface area (Å²) in [4.78, 5) is 60.9. The summed E-state index contributed by atoms with van der Waals surface area (Å²) in [7, 11) is 0. The van der Waals surface area contributed by atoms with Crippen molar-refractivity contribution in [1.29, 1.82) is 0 Å². The summed E-state index contributed by atoms with van der Waals surface area (Å²) in [5.41, 5.74) is -0.225. The van der Waals surface area contributed by atoms with Gasteiger partial charge in [0.1, 0.15) is 12.7 Å².